The highest BCUT2D eigenvalue weighted by molar-refractivity contribution is 5.87. The Hall–Kier alpha value is -2.95. The minimum absolute atomic E-state index is 0.288. The third kappa shape index (κ3) is 3.20. The first-order chi connectivity index (χ1) is 11.7. The summed E-state index contributed by atoms with van der Waals surface area (Å²) in [4.78, 5) is 23.0. The molecule has 0 aliphatic rings. The van der Waals surface area contributed by atoms with Gasteiger partial charge in [-0.3, -0.25) is 0 Å². The molecule has 0 atom stereocenters. The molecule has 3 rings (SSSR count). The van der Waals surface area contributed by atoms with Gasteiger partial charge in [0.15, 0.2) is 5.82 Å². The molecule has 0 N–H and O–H groups in total. The van der Waals surface area contributed by atoms with Gasteiger partial charge in [-0.15, -0.1) is 0 Å². The number of amides is 1. The van der Waals surface area contributed by atoms with Crippen LogP contribution in [0.1, 0.15) is 13.8 Å². The number of para-hydroxylation sites is 1. The second kappa shape index (κ2) is 7.08. The smallest absolute Gasteiger partial charge is 0.390 e. The van der Waals surface area contributed by atoms with Crippen LogP contribution in [0.5, 0.6) is 5.88 Å². The predicted molar refractivity (Wildman–Crippen MR) is 93.9 cm³/mol. The average molecular weight is 321 g/mol. The van der Waals surface area contributed by atoms with Crippen molar-refractivity contribution in [3.63, 3.8) is 0 Å². The van der Waals surface area contributed by atoms with Gasteiger partial charge in [0.2, 0.25) is 5.88 Å². The summed E-state index contributed by atoms with van der Waals surface area (Å²) in [6.07, 6.45) is -0.400. The second-order valence-corrected chi connectivity index (χ2v) is 5.28. The lowest BCUT2D eigenvalue weighted by atomic mass is 10.2. The van der Waals surface area contributed by atoms with Crippen molar-refractivity contribution in [2.24, 2.45) is 0 Å². The molecule has 0 saturated heterocycles. The van der Waals surface area contributed by atoms with E-state index < -0.39 is 6.09 Å². The van der Waals surface area contributed by atoms with Gasteiger partial charge in [-0.1, -0.05) is 42.5 Å². The van der Waals surface area contributed by atoms with Crippen LogP contribution < -0.4 is 4.74 Å². The van der Waals surface area contributed by atoms with Gasteiger partial charge in [0.1, 0.15) is 0 Å². The van der Waals surface area contributed by atoms with E-state index in [0.717, 1.165) is 16.5 Å². The quantitative estimate of drug-likeness (QED) is 0.725. The Balaban J connectivity index is 2.07. The molecule has 1 aromatic heterocycles. The predicted octanol–water partition coefficient (Wildman–Crippen LogP) is 4.14. The van der Waals surface area contributed by atoms with Crippen molar-refractivity contribution in [2.75, 3.05) is 13.1 Å². The van der Waals surface area contributed by atoms with E-state index in [2.05, 4.69) is 9.97 Å². The van der Waals surface area contributed by atoms with Crippen LogP contribution in [0.2, 0.25) is 0 Å². The number of fused-ring (bicyclic) bond motifs is 1. The van der Waals surface area contributed by atoms with Crippen molar-refractivity contribution >= 4 is 17.0 Å². The molecule has 122 valence electrons. The van der Waals surface area contributed by atoms with E-state index in [1.54, 1.807) is 4.90 Å². The van der Waals surface area contributed by atoms with Gasteiger partial charge in [-0.05, 0) is 26.0 Å². The first-order valence-electron chi connectivity index (χ1n) is 8.02. The highest BCUT2D eigenvalue weighted by Crippen LogP contribution is 2.26. The minimum Gasteiger partial charge on any atom is -0.390 e. The largest absolute Gasteiger partial charge is 0.416 e. The van der Waals surface area contributed by atoms with Crippen molar-refractivity contribution < 1.29 is 9.53 Å². The van der Waals surface area contributed by atoms with Crippen molar-refractivity contribution in [3.05, 3.63) is 54.6 Å². The topological polar surface area (TPSA) is 55.3 Å². The molecule has 1 heterocycles. The molecule has 0 bridgehead atoms. The molecule has 0 aliphatic heterocycles. The third-order valence-corrected chi connectivity index (χ3v) is 3.81. The zero-order valence-corrected chi connectivity index (χ0v) is 13.8. The van der Waals surface area contributed by atoms with Gasteiger partial charge in [0.25, 0.3) is 0 Å². The Bertz CT molecular complexity index is 846. The summed E-state index contributed by atoms with van der Waals surface area (Å²) < 4.78 is 5.57. The molecule has 0 saturated carbocycles. The molecule has 0 unspecified atom stereocenters. The van der Waals surface area contributed by atoms with Gasteiger partial charge in [-0.25, -0.2) is 9.78 Å². The van der Waals surface area contributed by atoms with E-state index >= 15 is 0 Å². The number of hydrogen-bond acceptors (Lipinski definition) is 4. The fourth-order valence-electron chi connectivity index (χ4n) is 2.47. The van der Waals surface area contributed by atoms with E-state index in [0.29, 0.717) is 18.9 Å². The molecule has 0 spiro atoms. The van der Waals surface area contributed by atoms with Crippen molar-refractivity contribution in [1.82, 2.24) is 14.9 Å². The lowest BCUT2D eigenvalue weighted by molar-refractivity contribution is 0.156. The van der Waals surface area contributed by atoms with E-state index in [4.69, 9.17) is 4.74 Å². The molecular weight excluding hydrogens is 302 g/mol. The first kappa shape index (κ1) is 15.9. The maximum atomic E-state index is 12.3. The summed E-state index contributed by atoms with van der Waals surface area (Å²) in [5, 5.41) is 0.720. The maximum Gasteiger partial charge on any atom is 0.416 e. The molecular formula is C19H19N3O2. The van der Waals surface area contributed by atoms with E-state index in [1.807, 2.05) is 68.4 Å². The SMILES string of the molecule is CCN(CC)C(=O)Oc1nc(-c2ccccc2)nc2ccccc12. The zero-order valence-electron chi connectivity index (χ0n) is 13.8. The van der Waals surface area contributed by atoms with Crippen molar-refractivity contribution in [2.45, 2.75) is 13.8 Å². The van der Waals surface area contributed by atoms with Crippen LogP contribution in [0.3, 0.4) is 0 Å². The number of aromatic nitrogens is 2. The molecule has 24 heavy (non-hydrogen) atoms. The van der Waals surface area contributed by atoms with Gasteiger partial charge in [-0.2, -0.15) is 4.98 Å². The highest BCUT2D eigenvalue weighted by Gasteiger charge is 2.17. The minimum atomic E-state index is -0.400. The number of benzene rings is 2. The van der Waals surface area contributed by atoms with Crippen LogP contribution in [0, 0.1) is 0 Å². The Morgan fingerprint density at radius 2 is 1.62 bits per heavy atom. The highest BCUT2D eigenvalue weighted by atomic mass is 16.6. The Labute approximate surface area is 140 Å². The molecule has 3 aromatic rings. The van der Waals surface area contributed by atoms with E-state index in [9.17, 15) is 4.79 Å². The summed E-state index contributed by atoms with van der Waals surface area (Å²) in [6, 6.07) is 17.2. The van der Waals surface area contributed by atoms with Crippen LogP contribution in [0.15, 0.2) is 54.6 Å². The van der Waals surface area contributed by atoms with Gasteiger partial charge in [0.05, 0.1) is 10.9 Å². The van der Waals surface area contributed by atoms with Crippen molar-refractivity contribution in [3.8, 4) is 17.3 Å². The van der Waals surface area contributed by atoms with Crippen molar-refractivity contribution in [1.29, 1.82) is 0 Å². The normalized spacial score (nSPS) is 10.6. The monoisotopic (exact) mass is 321 g/mol. The Morgan fingerprint density at radius 3 is 2.33 bits per heavy atom. The number of carbonyl (C=O) groups is 1. The van der Waals surface area contributed by atoms with Gasteiger partial charge < -0.3 is 9.64 Å². The van der Waals surface area contributed by atoms with Crippen LogP contribution in [-0.2, 0) is 0 Å². The molecule has 1 amide bonds. The van der Waals surface area contributed by atoms with E-state index in [1.165, 1.54) is 0 Å². The second-order valence-electron chi connectivity index (χ2n) is 5.28. The lowest BCUT2D eigenvalue weighted by Crippen LogP contribution is -2.33. The van der Waals surface area contributed by atoms with Crippen LogP contribution in [0.4, 0.5) is 4.79 Å². The molecule has 5 nitrogen and oxygen atoms in total. The first-order valence-corrected chi connectivity index (χ1v) is 8.02. The average Bonchev–Trinajstić information content (AvgIpc) is 2.63. The number of ether oxygens (including phenoxy) is 1. The van der Waals surface area contributed by atoms with Crippen LogP contribution in [-0.4, -0.2) is 34.1 Å². The standard InChI is InChI=1S/C19H19N3O2/c1-3-22(4-2)19(23)24-18-15-12-8-9-13-16(15)20-17(21-18)14-10-6-5-7-11-14/h5-13H,3-4H2,1-2H3. The number of rotatable bonds is 4. The van der Waals surface area contributed by atoms with Crippen LogP contribution in [0.25, 0.3) is 22.3 Å². The summed E-state index contributed by atoms with van der Waals surface area (Å²) in [5.41, 5.74) is 1.62. The number of nitrogens with zero attached hydrogens (tertiary/aromatic N) is 3. The maximum absolute atomic E-state index is 12.3. The molecule has 0 radical (unpaired) electrons. The Kier molecular flexibility index (Phi) is 4.70. The van der Waals surface area contributed by atoms with Gasteiger partial charge in [0, 0.05) is 18.7 Å². The third-order valence-electron chi connectivity index (χ3n) is 3.81. The summed E-state index contributed by atoms with van der Waals surface area (Å²) in [6.45, 7) is 5.00. The summed E-state index contributed by atoms with van der Waals surface area (Å²) >= 11 is 0. The Morgan fingerprint density at radius 1 is 0.958 bits per heavy atom. The fourth-order valence-corrected chi connectivity index (χ4v) is 2.47. The molecule has 2 aromatic carbocycles. The summed E-state index contributed by atoms with van der Waals surface area (Å²) in [7, 11) is 0. The van der Waals surface area contributed by atoms with Gasteiger partial charge >= 0.3 is 6.09 Å². The molecule has 5 heteroatoms. The number of hydrogen-bond donors (Lipinski definition) is 0. The molecule has 0 fully saturated rings. The lowest BCUT2D eigenvalue weighted by Gasteiger charge is -2.18. The molecule has 0 aliphatic carbocycles. The summed E-state index contributed by atoms with van der Waals surface area (Å²) in [5.74, 6) is 0.827. The zero-order chi connectivity index (χ0) is 16.9. The fraction of sp³-hybridized carbons (Fsp3) is 0.211. The number of carbonyl (C=O) groups excluding carboxylic acids is 1. The van der Waals surface area contributed by atoms with E-state index in [-0.39, 0.29) is 5.88 Å². The van der Waals surface area contributed by atoms with Crippen LogP contribution >= 0.6 is 0 Å².